The molecule has 1 aliphatic rings. The number of hydrogen-bond acceptors (Lipinski definition) is 6. The number of ether oxygens (including phenoxy) is 1. The third-order valence-corrected chi connectivity index (χ3v) is 5.29. The number of carbonyl (C=O) groups is 2. The average Bonchev–Trinajstić information content (AvgIpc) is 2.58. The third kappa shape index (κ3) is 9.67. The van der Waals surface area contributed by atoms with E-state index < -0.39 is 10.0 Å². The van der Waals surface area contributed by atoms with Crippen LogP contribution in [0.3, 0.4) is 0 Å². The molecule has 0 aromatic carbocycles. The largest absolute Gasteiger partial charge is 0.381 e. The standard InChI is InChI=1S/C15H30N4O5S.ClH/c1-2-24-9-10-25(22,23)18-12-15(21)19-8-4-3-5-13(19)11-17-14(20)6-7-16;/h13,18H,2-12,16H2,1H3,(H,17,20);1H. The monoisotopic (exact) mass is 414 g/mol. The number of nitrogens with zero attached hydrogens (tertiary/aromatic N) is 1. The summed E-state index contributed by atoms with van der Waals surface area (Å²) >= 11 is 0. The van der Waals surface area contributed by atoms with Crippen molar-refractivity contribution < 1.29 is 22.7 Å². The quantitative estimate of drug-likeness (QED) is 0.380. The van der Waals surface area contributed by atoms with Crippen molar-refractivity contribution in [3.8, 4) is 0 Å². The van der Waals surface area contributed by atoms with Crippen LogP contribution in [-0.4, -0.2) is 76.3 Å². The van der Waals surface area contributed by atoms with Crippen molar-refractivity contribution in [3.05, 3.63) is 0 Å². The lowest BCUT2D eigenvalue weighted by atomic mass is 10.0. The van der Waals surface area contributed by atoms with Gasteiger partial charge in [-0.05, 0) is 26.2 Å². The highest BCUT2D eigenvalue weighted by atomic mass is 35.5. The molecule has 0 bridgehead atoms. The van der Waals surface area contributed by atoms with Gasteiger partial charge in [-0.2, -0.15) is 0 Å². The number of nitrogens with one attached hydrogen (secondary N) is 2. The zero-order valence-electron chi connectivity index (χ0n) is 15.2. The van der Waals surface area contributed by atoms with E-state index in [2.05, 4.69) is 10.0 Å². The summed E-state index contributed by atoms with van der Waals surface area (Å²) in [4.78, 5) is 25.6. The van der Waals surface area contributed by atoms with Gasteiger partial charge >= 0.3 is 0 Å². The van der Waals surface area contributed by atoms with Gasteiger partial charge in [0.15, 0.2) is 0 Å². The predicted molar refractivity (Wildman–Crippen MR) is 102 cm³/mol. The van der Waals surface area contributed by atoms with Crippen molar-refractivity contribution in [2.75, 3.05) is 45.1 Å². The van der Waals surface area contributed by atoms with Crippen LogP contribution in [0.15, 0.2) is 0 Å². The highest BCUT2D eigenvalue weighted by Gasteiger charge is 2.27. The van der Waals surface area contributed by atoms with E-state index in [-0.39, 0.29) is 62.1 Å². The van der Waals surface area contributed by atoms with Gasteiger partial charge in [0.05, 0.1) is 18.9 Å². The van der Waals surface area contributed by atoms with E-state index in [9.17, 15) is 18.0 Å². The van der Waals surface area contributed by atoms with Crippen molar-refractivity contribution in [1.82, 2.24) is 14.9 Å². The molecule has 0 saturated carbocycles. The molecule has 11 heteroatoms. The van der Waals surface area contributed by atoms with Gasteiger partial charge in [0.2, 0.25) is 21.8 Å². The Morgan fingerprint density at radius 3 is 2.69 bits per heavy atom. The van der Waals surface area contributed by atoms with E-state index in [1.807, 2.05) is 0 Å². The smallest absolute Gasteiger partial charge is 0.237 e. The van der Waals surface area contributed by atoms with Gasteiger partial charge in [0, 0.05) is 38.7 Å². The Labute approximate surface area is 161 Å². The van der Waals surface area contributed by atoms with Gasteiger partial charge < -0.3 is 20.7 Å². The van der Waals surface area contributed by atoms with Crippen LogP contribution in [0.2, 0.25) is 0 Å². The fraction of sp³-hybridized carbons (Fsp3) is 0.867. The number of rotatable bonds is 11. The molecule has 0 aromatic heterocycles. The molecule has 1 aliphatic heterocycles. The lowest BCUT2D eigenvalue weighted by molar-refractivity contribution is -0.134. The molecule has 154 valence electrons. The molecule has 1 atom stereocenters. The molecule has 1 saturated heterocycles. The normalized spacial score (nSPS) is 17.5. The second kappa shape index (κ2) is 13.3. The Morgan fingerprint density at radius 1 is 1.31 bits per heavy atom. The number of amides is 2. The third-order valence-electron chi connectivity index (χ3n) is 4.00. The molecule has 1 rings (SSSR count). The summed E-state index contributed by atoms with van der Waals surface area (Å²) in [6.45, 7) is 3.26. The Bertz CT molecular complexity index is 532. The Kier molecular flexibility index (Phi) is 12.8. The van der Waals surface area contributed by atoms with E-state index in [4.69, 9.17) is 10.5 Å². The predicted octanol–water partition coefficient (Wildman–Crippen LogP) is -0.790. The molecule has 26 heavy (non-hydrogen) atoms. The molecule has 2 amide bonds. The minimum absolute atomic E-state index is 0. The molecule has 1 heterocycles. The average molecular weight is 415 g/mol. The number of piperidine rings is 1. The van der Waals surface area contributed by atoms with E-state index in [1.165, 1.54) is 0 Å². The first-order chi connectivity index (χ1) is 11.9. The highest BCUT2D eigenvalue weighted by molar-refractivity contribution is 7.89. The van der Waals surface area contributed by atoms with Crippen LogP contribution in [0.4, 0.5) is 0 Å². The first-order valence-electron chi connectivity index (χ1n) is 8.71. The zero-order valence-corrected chi connectivity index (χ0v) is 16.9. The van der Waals surface area contributed by atoms with Crippen LogP contribution >= 0.6 is 12.4 Å². The Balaban J connectivity index is 0.00000625. The summed E-state index contributed by atoms with van der Waals surface area (Å²) in [5, 5.41) is 2.78. The molecule has 9 nitrogen and oxygen atoms in total. The van der Waals surface area contributed by atoms with Crippen molar-refractivity contribution in [2.24, 2.45) is 5.73 Å². The van der Waals surface area contributed by atoms with Gasteiger partial charge in [-0.25, -0.2) is 13.1 Å². The molecule has 4 N–H and O–H groups in total. The number of carbonyl (C=O) groups excluding carboxylic acids is 2. The summed E-state index contributed by atoms with van der Waals surface area (Å²) in [7, 11) is -3.54. The first-order valence-corrected chi connectivity index (χ1v) is 10.4. The van der Waals surface area contributed by atoms with Gasteiger partial charge in [-0.3, -0.25) is 9.59 Å². The topological polar surface area (TPSA) is 131 Å². The maximum atomic E-state index is 12.4. The van der Waals surface area contributed by atoms with Crippen molar-refractivity contribution in [2.45, 2.75) is 38.6 Å². The molecule has 0 spiro atoms. The van der Waals surface area contributed by atoms with Gasteiger partial charge in [0.25, 0.3) is 0 Å². The second-order valence-electron chi connectivity index (χ2n) is 5.92. The molecular weight excluding hydrogens is 384 g/mol. The Hall–Kier alpha value is -0.940. The van der Waals surface area contributed by atoms with Gasteiger partial charge in [0.1, 0.15) is 0 Å². The fourth-order valence-corrected chi connectivity index (χ4v) is 3.48. The van der Waals surface area contributed by atoms with Crippen molar-refractivity contribution in [1.29, 1.82) is 0 Å². The van der Waals surface area contributed by atoms with Gasteiger partial charge in [-0.1, -0.05) is 0 Å². The van der Waals surface area contributed by atoms with Crippen LogP contribution in [-0.2, 0) is 24.3 Å². The molecule has 1 fully saturated rings. The van der Waals surface area contributed by atoms with E-state index in [0.29, 0.717) is 19.7 Å². The molecule has 0 radical (unpaired) electrons. The lowest BCUT2D eigenvalue weighted by Crippen LogP contribution is -2.52. The first kappa shape index (κ1) is 25.1. The Morgan fingerprint density at radius 2 is 2.04 bits per heavy atom. The summed E-state index contributed by atoms with van der Waals surface area (Å²) in [5.74, 6) is -0.595. The van der Waals surface area contributed by atoms with Crippen molar-refractivity contribution in [3.63, 3.8) is 0 Å². The van der Waals surface area contributed by atoms with Crippen LogP contribution in [0.25, 0.3) is 0 Å². The maximum absolute atomic E-state index is 12.4. The second-order valence-corrected chi connectivity index (χ2v) is 7.84. The molecule has 0 aliphatic carbocycles. The lowest BCUT2D eigenvalue weighted by Gasteiger charge is -2.36. The van der Waals surface area contributed by atoms with Crippen LogP contribution < -0.4 is 15.8 Å². The zero-order chi connectivity index (χ0) is 18.7. The molecule has 0 aromatic rings. The van der Waals surface area contributed by atoms with E-state index >= 15 is 0 Å². The number of halogens is 1. The number of hydrogen-bond donors (Lipinski definition) is 3. The SMILES string of the molecule is CCOCCS(=O)(=O)NCC(=O)N1CCCCC1CNC(=O)CCN.Cl. The van der Waals surface area contributed by atoms with Crippen LogP contribution in [0, 0.1) is 0 Å². The maximum Gasteiger partial charge on any atom is 0.237 e. The minimum atomic E-state index is -3.54. The van der Waals surface area contributed by atoms with E-state index in [1.54, 1.807) is 11.8 Å². The highest BCUT2D eigenvalue weighted by Crippen LogP contribution is 2.16. The number of sulfonamides is 1. The summed E-state index contributed by atoms with van der Waals surface area (Å²) in [6, 6.07) is -0.115. The van der Waals surface area contributed by atoms with E-state index in [0.717, 1.165) is 19.3 Å². The number of nitrogens with two attached hydrogens (primary N) is 1. The molecular formula is C15H31ClN4O5S. The summed E-state index contributed by atoms with van der Waals surface area (Å²) < 4.78 is 31.0. The summed E-state index contributed by atoms with van der Waals surface area (Å²) in [5.41, 5.74) is 5.34. The summed E-state index contributed by atoms with van der Waals surface area (Å²) in [6.07, 6.45) is 2.88. The van der Waals surface area contributed by atoms with Gasteiger partial charge in [-0.15, -0.1) is 12.4 Å². The fourth-order valence-electron chi connectivity index (χ4n) is 2.65. The molecule has 1 unspecified atom stereocenters. The van der Waals surface area contributed by atoms with Crippen LogP contribution in [0.5, 0.6) is 0 Å². The van der Waals surface area contributed by atoms with Crippen molar-refractivity contribution >= 4 is 34.2 Å². The minimum Gasteiger partial charge on any atom is -0.381 e. The number of likely N-dealkylation sites (tertiary alicyclic amines) is 1. The van der Waals surface area contributed by atoms with Crippen LogP contribution in [0.1, 0.15) is 32.6 Å².